The third kappa shape index (κ3) is 6.17. The third-order valence-corrected chi connectivity index (χ3v) is 6.16. The number of nitrogens with one attached hydrogen (secondary N) is 1. The van der Waals surface area contributed by atoms with Crippen molar-refractivity contribution in [1.29, 1.82) is 5.26 Å². The van der Waals surface area contributed by atoms with Gasteiger partial charge in [0.05, 0.1) is 18.6 Å². The van der Waals surface area contributed by atoms with Gasteiger partial charge in [0, 0.05) is 0 Å². The number of anilines is 1. The van der Waals surface area contributed by atoms with E-state index in [-0.39, 0.29) is 52.5 Å². The third-order valence-electron chi connectivity index (χ3n) is 4.81. The Labute approximate surface area is 204 Å². The number of para-hydroxylation sites is 2. The maximum atomic E-state index is 13.2. The maximum absolute atomic E-state index is 13.2. The summed E-state index contributed by atoms with van der Waals surface area (Å²) < 4.78 is 45.4. The Morgan fingerprint density at radius 2 is 1.71 bits per heavy atom. The summed E-state index contributed by atoms with van der Waals surface area (Å²) in [5.41, 5.74) is 0.809. The van der Waals surface area contributed by atoms with Crippen molar-refractivity contribution >= 4 is 15.8 Å². The highest BCUT2D eigenvalue weighted by Crippen LogP contribution is 2.40. The van der Waals surface area contributed by atoms with Crippen LogP contribution in [0.15, 0.2) is 53.4 Å². The summed E-state index contributed by atoms with van der Waals surface area (Å²) in [7, 11) is -2.68. The largest absolute Gasteiger partial charge is 0.493 e. The molecule has 0 saturated heterocycles. The van der Waals surface area contributed by atoms with Crippen LogP contribution in [0.25, 0.3) is 0 Å². The Balaban J connectivity index is 2.09. The van der Waals surface area contributed by atoms with Gasteiger partial charge >= 0.3 is 0 Å². The molecule has 1 aromatic heterocycles. The Hall–Kier alpha value is -3.88. The summed E-state index contributed by atoms with van der Waals surface area (Å²) in [5, 5.41) is 18.6. The lowest BCUT2D eigenvalue weighted by Crippen LogP contribution is -2.17. The smallest absolute Gasteiger partial charge is 0.264 e. The van der Waals surface area contributed by atoms with E-state index >= 15 is 0 Å². The van der Waals surface area contributed by atoms with E-state index in [0.717, 1.165) is 5.56 Å². The number of aliphatic hydroxyl groups is 1. The lowest BCUT2D eigenvalue weighted by Gasteiger charge is -2.19. The molecular formula is C24H26N4O6S. The van der Waals surface area contributed by atoms with E-state index in [4.69, 9.17) is 14.2 Å². The SMILES string of the molecule is COc1ccccc1Oc1c(NS(=O)(=O)c2ccc(C(C)(C)C)cc2)nc(C#N)nc1OCCO. The Morgan fingerprint density at radius 3 is 2.29 bits per heavy atom. The fourth-order valence-electron chi connectivity index (χ4n) is 3.01. The molecule has 0 fully saturated rings. The summed E-state index contributed by atoms with van der Waals surface area (Å²) in [4.78, 5) is 7.97. The van der Waals surface area contributed by atoms with E-state index in [1.54, 1.807) is 42.5 Å². The predicted octanol–water partition coefficient (Wildman–Crippen LogP) is 3.62. The van der Waals surface area contributed by atoms with E-state index in [1.165, 1.54) is 19.2 Å². The molecule has 2 N–H and O–H groups in total. The molecule has 10 nitrogen and oxygen atoms in total. The molecule has 0 spiro atoms. The van der Waals surface area contributed by atoms with Crippen LogP contribution in [0.5, 0.6) is 23.1 Å². The molecule has 0 radical (unpaired) electrons. The fourth-order valence-corrected chi connectivity index (χ4v) is 4.02. The summed E-state index contributed by atoms with van der Waals surface area (Å²) >= 11 is 0. The molecule has 0 atom stereocenters. The van der Waals surface area contributed by atoms with Crippen LogP contribution in [0.4, 0.5) is 5.82 Å². The van der Waals surface area contributed by atoms with Gasteiger partial charge in [-0.3, -0.25) is 4.72 Å². The second kappa shape index (κ2) is 10.6. The first-order chi connectivity index (χ1) is 16.6. The van der Waals surface area contributed by atoms with Gasteiger partial charge in [-0.2, -0.15) is 15.2 Å². The van der Waals surface area contributed by atoms with Gasteiger partial charge in [-0.1, -0.05) is 45.0 Å². The number of nitriles is 1. The molecule has 184 valence electrons. The van der Waals surface area contributed by atoms with E-state index in [0.29, 0.717) is 5.75 Å². The first kappa shape index (κ1) is 25.7. The number of sulfonamides is 1. The van der Waals surface area contributed by atoms with Crippen LogP contribution in [-0.4, -0.2) is 43.8 Å². The minimum atomic E-state index is -4.13. The van der Waals surface area contributed by atoms with Crippen LogP contribution in [0.2, 0.25) is 0 Å². The maximum Gasteiger partial charge on any atom is 0.264 e. The van der Waals surface area contributed by atoms with Gasteiger partial charge in [-0.05, 0) is 35.2 Å². The van der Waals surface area contributed by atoms with Gasteiger partial charge < -0.3 is 19.3 Å². The molecule has 3 aromatic rings. The average Bonchev–Trinajstić information content (AvgIpc) is 2.83. The lowest BCUT2D eigenvalue weighted by molar-refractivity contribution is 0.192. The summed E-state index contributed by atoms with van der Waals surface area (Å²) in [5.74, 6) is -0.501. The summed E-state index contributed by atoms with van der Waals surface area (Å²) in [6.45, 7) is 5.54. The summed E-state index contributed by atoms with van der Waals surface area (Å²) in [6, 6.07) is 14.9. The fraction of sp³-hybridized carbons (Fsp3) is 0.292. The minimum Gasteiger partial charge on any atom is -0.493 e. The van der Waals surface area contributed by atoms with Crippen LogP contribution in [-0.2, 0) is 15.4 Å². The zero-order valence-corrected chi connectivity index (χ0v) is 20.6. The minimum absolute atomic E-state index is 0.0105. The van der Waals surface area contributed by atoms with E-state index in [1.807, 2.05) is 20.8 Å². The Bertz CT molecular complexity index is 1330. The zero-order valence-electron chi connectivity index (χ0n) is 19.8. The number of nitrogens with zero attached hydrogens (tertiary/aromatic N) is 3. The number of ether oxygens (including phenoxy) is 3. The number of hydrogen-bond acceptors (Lipinski definition) is 9. The first-order valence-electron chi connectivity index (χ1n) is 10.6. The van der Waals surface area contributed by atoms with Crippen molar-refractivity contribution in [3.05, 3.63) is 59.9 Å². The molecule has 2 aromatic carbocycles. The highest BCUT2D eigenvalue weighted by molar-refractivity contribution is 7.92. The Kier molecular flexibility index (Phi) is 7.78. The standard InChI is InChI=1S/C24H26N4O6S/c1-24(2,3)16-9-11-17(12-10-16)35(30,31)28-22-21(34-19-8-6-5-7-18(19)32-4)23(33-14-13-29)27-20(15-25)26-22/h5-12,29H,13-14H2,1-4H3,(H,26,27,28). The molecule has 0 amide bonds. The van der Waals surface area contributed by atoms with E-state index in [2.05, 4.69) is 14.7 Å². The van der Waals surface area contributed by atoms with Gasteiger partial charge in [0.2, 0.25) is 11.6 Å². The lowest BCUT2D eigenvalue weighted by atomic mass is 9.87. The van der Waals surface area contributed by atoms with Gasteiger partial charge in [-0.25, -0.2) is 8.42 Å². The average molecular weight is 499 g/mol. The van der Waals surface area contributed by atoms with Gasteiger partial charge in [0.15, 0.2) is 17.3 Å². The molecule has 0 saturated carbocycles. The number of aliphatic hydroxyl groups excluding tert-OH is 1. The molecule has 0 aliphatic carbocycles. The Morgan fingerprint density at radius 1 is 1.06 bits per heavy atom. The quantitative estimate of drug-likeness (QED) is 0.452. The molecule has 3 rings (SSSR count). The van der Waals surface area contributed by atoms with E-state index in [9.17, 15) is 18.8 Å². The van der Waals surface area contributed by atoms with Crippen LogP contribution >= 0.6 is 0 Å². The topological polar surface area (TPSA) is 144 Å². The number of aromatic nitrogens is 2. The van der Waals surface area contributed by atoms with Crippen LogP contribution in [0, 0.1) is 11.3 Å². The summed E-state index contributed by atoms with van der Waals surface area (Å²) in [6.07, 6.45) is 0. The second-order valence-electron chi connectivity index (χ2n) is 8.35. The molecule has 0 aliphatic rings. The number of rotatable bonds is 9. The van der Waals surface area contributed by atoms with Gasteiger partial charge in [0.1, 0.15) is 12.7 Å². The molecule has 35 heavy (non-hydrogen) atoms. The van der Waals surface area contributed by atoms with Crippen molar-refractivity contribution in [2.75, 3.05) is 25.0 Å². The number of benzene rings is 2. The molecule has 0 bridgehead atoms. The van der Waals surface area contributed by atoms with Crippen LogP contribution < -0.4 is 18.9 Å². The second-order valence-corrected chi connectivity index (χ2v) is 10.0. The molecule has 0 unspecified atom stereocenters. The van der Waals surface area contributed by atoms with Crippen molar-refractivity contribution < 1.29 is 27.7 Å². The molecule has 0 aliphatic heterocycles. The first-order valence-corrected chi connectivity index (χ1v) is 12.1. The van der Waals surface area contributed by atoms with Crippen LogP contribution in [0.1, 0.15) is 32.2 Å². The van der Waals surface area contributed by atoms with Crippen molar-refractivity contribution in [3.8, 4) is 29.2 Å². The van der Waals surface area contributed by atoms with Crippen molar-refractivity contribution in [3.63, 3.8) is 0 Å². The predicted molar refractivity (Wildman–Crippen MR) is 128 cm³/mol. The van der Waals surface area contributed by atoms with Crippen molar-refractivity contribution in [1.82, 2.24) is 9.97 Å². The van der Waals surface area contributed by atoms with Crippen LogP contribution in [0.3, 0.4) is 0 Å². The monoisotopic (exact) mass is 498 g/mol. The molecule has 1 heterocycles. The van der Waals surface area contributed by atoms with Crippen molar-refractivity contribution in [2.45, 2.75) is 31.1 Å². The zero-order chi connectivity index (χ0) is 25.6. The van der Waals surface area contributed by atoms with E-state index < -0.39 is 10.0 Å². The highest BCUT2D eigenvalue weighted by atomic mass is 32.2. The number of hydrogen-bond donors (Lipinski definition) is 2. The van der Waals surface area contributed by atoms with Crippen molar-refractivity contribution in [2.24, 2.45) is 0 Å². The number of methoxy groups -OCH3 is 1. The van der Waals surface area contributed by atoms with Gasteiger partial charge in [-0.15, -0.1) is 0 Å². The normalized spacial score (nSPS) is 11.4. The molecule has 11 heteroatoms. The molecular weight excluding hydrogens is 472 g/mol. The highest BCUT2D eigenvalue weighted by Gasteiger charge is 2.25. The van der Waals surface area contributed by atoms with Gasteiger partial charge in [0.25, 0.3) is 15.9 Å².